The molecule has 102 valence electrons. The van der Waals surface area contributed by atoms with Crippen molar-refractivity contribution < 1.29 is 5.11 Å². The van der Waals surface area contributed by atoms with Gasteiger partial charge in [-0.1, -0.05) is 0 Å². The molecule has 0 atom stereocenters. The normalized spacial score (nSPS) is 19.4. The van der Waals surface area contributed by atoms with E-state index in [4.69, 9.17) is 5.11 Å². The Hall–Kier alpha value is -0.160. The zero-order valence-electron chi connectivity index (χ0n) is 11.7. The number of rotatable bonds is 7. The van der Waals surface area contributed by atoms with E-state index in [0.29, 0.717) is 12.6 Å². The molecule has 1 rings (SSSR count). The van der Waals surface area contributed by atoms with Gasteiger partial charge in [-0.3, -0.25) is 9.80 Å². The lowest BCUT2D eigenvalue weighted by molar-refractivity contribution is 0.121. The summed E-state index contributed by atoms with van der Waals surface area (Å²) in [5.74, 6) is 0. The summed E-state index contributed by atoms with van der Waals surface area (Å²) in [7, 11) is 2.19. The van der Waals surface area contributed by atoms with E-state index in [-0.39, 0.29) is 0 Å². The van der Waals surface area contributed by atoms with Crippen LogP contribution in [0.15, 0.2) is 0 Å². The van der Waals surface area contributed by atoms with Crippen molar-refractivity contribution in [1.82, 2.24) is 14.7 Å². The molecule has 0 aromatic carbocycles. The third-order valence-corrected chi connectivity index (χ3v) is 3.63. The van der Waals surface area contributed by atoms with Gasteiger partial charge in [0.05, 0.1) is 0 Å². The summed E-state index contributed by atoms with van der Waals surface area (Å²) in [6.07, 6.45) is 0.890. The number of aliphatic hydroxyl groups excluding tert-OH is 1. The quantitative estimate of drug-likeness (QED) is 0.698. The molecule has 1 aliphatic heterocycles. The van der Waals surface area contributed by atoms with Gasteiger partial charge < -0.3 is 10.0 Å². The average Bonchev–Trinajstić information content (AvgIpc) is 2.31. The molecule has 0 bridgehead atoms. The maximum absolute atomic E-state index is 8.90. The maximum atomic E-state index is 8.90. The van der Waals surface area contributed by atoms with Crippen molar-refractivity contribution in [1.29, 1.82) is 0 Å². The van der Waals surface area contributed by atoms with Crippen LogP contribution in [0.25, 0.3) is 0 Å². The van der Waals surface area contributed by atoms with Gasteiger partial charge in [0.1, 0.15) is 0 Å². The first-order valence-corrected chi connectivity index (χ1v) is 6.89. The number of aliphatic hydroxyl groups is 1. The van der Waals surface area contributed by atoms with E-state index in [0.717, 1.165) is 26.1 Å². The Bertz CT molecular complexity index is 191. The molecule has 0 aromatic heterocycles. The first-order chi connectivity index (χ1) is 8.13. The molecule has 4 nitrogen and oxygen atoms in total. The molecule has 17 heavy (non-hydrogen) atoms. The lowest BCUT2D eigenvalue weighted by Crippen LogP contribution is -2.47. The van der Waals surface area contributed by atoms with Crippen LogP contribution in [0.4, 0.5) is 0 Å². The van der Waals surface area contributed by atoms with Crippen LogP contribution in [0, 0.1) is 0 Å². The standard InChI is InChI=1S/C13H29N3O/c1-13(2)16(5-4-12-17)11-10-15-8-6-14(3)7-9-15/h13,17H,4-12H2,1-3H3. The third-order valence-electron chi connectivity index (χ3n) is 3.63. The fraction of sp³-hybridized carbons (Fsp3) is 1.00. The highest BCUT2D eigenvalue weighted by Crippen LogP contribution is 2.03. The Labute approximate surface area is 106 Å². The van der Waals surface area contributed by atoms with Gasteiger partial charge in [-0.15, -0.1) is 0 Å². The van der Waals surface area contributed by atoms with Crippen molar-refractivity contribution in [2.75, 3.05) is 59.5 Å². The van der Waals surface area contributed by atoms with Crippen LogP contribution in [-0.2, 0) is 0 Å². The third kappa shape index (κ3) is 5.82. The van der Waals surface area contributed by atoms with Crippen molar-refractivity contribution in [2.45, 2.75) is 26.3 Å². The van der Waals surface area contributed by atoms with E-state index in [1.165, 1.54) is 26.2 Å². The minimum absolute atomic E-state index is 0.303. The molecule has 4 heteroatoms. The molecule has 0 amide bonds. The highest BCUT2D eigenvalue weighted by atomic mass is 16.3. The van der Waals surface area contributed by atoms with Crippen molar-refractivity contribution in [2.24, 2.45) is 0 Å². The van der Waals surface area contributed by atoms with Gasteiger partial charge in [-0.25, -0.2) is 0 Å². The summed E-state index contributed by atoms with van der Waals surface area (Å²) in [4.78, 5) is 7.41. The van der Waals surface area contributed by atoms with Gasteiger partial charge in [0.15, 0.2) is 0 Å². The van der Waals surface area contributed by atoms with Crippen molar-refractivity contribution in [3.63, 3.8) is 0 Å². The minimum atomic E-state index is 0.303. The predicted molar refractivity (Wildman–Crippen MR) is 72.3 cm³/mol. The van der Waals surface area contributed by atoms with Gasteiger partial charge >= 0.3 is 0 Å². The summed E-state index contributed by atoms with van der Waals surface area (Å²) in [5, 5.41) is 8.90. The summed E-state index contributed by atoms with van der Waals surface area (Å²) in [6.45, 7) is 12.9. The molecule has 0 aliphatic carbocycles. The van der Waals surface area contributed by atoms with Crippen molar-refractivity contribution in [3.05, 3.63) is 0 Å². The molecule has 0 spiro atoms. The first kappa shape index (κ1) is 14.9. The Morgan fingerprint density at radius 1 is 1.12 bits per heavy atom. The van der Waals surface area contributed by atoms with Crippen LogP contribution >= 0.6 is 0 Å². The van der Waals surface area contributed by atoms with E-state index >= 15 is 0 Å². The van der Waals surface area contributed by atoms with Crippen molar-refractivity contribution >= 4 is 0 Å². The molecule has 0 radical (unpaired) electrons. The molecule has 1 fully saturated rings. The fourth-order valence-electron chi connectivity index (χ4n) is 2.24. The Morgan fingerprint density at radius 2 is 1.76 bits per heavy atom. The van der Waals surface area contributed by atoms with Crippen molar-refractivity contribution in [3.8, 4) is 0 Å². The van der Waals surface area contributed by atoms with Crippen LogP contribution in [0.1, 0.15) is 20.3 Å². The zero-order valence-corrected chi connectivity index (χ0v) is 11.7. The number of hydrogen-bond acceptors (Lipinski definition) is 4. The lowest BCUT2D eigenvalue weighted by Gasteiger charge is -2.35. The molecular formula is C13H29N3O. The van der Waals surface area contributed by atoms with E-state index in [9.17, 15) is 0 Å². The molecule has 1 aliphatic rings. The van der Waals surface area contributed by atoms with Crippen LogP contribution < -0.4 is 0 Å². The molecule has 1 heterocycles. The minimum Gasteiger partial charge on any atom is -0.396 e. The van der Waals surface area contributed by atoms with Crippen LogP contribution in [0.3, 0.4) is 0 Å². The monoisotopic (exact) mass is 243 g/mol. The Balaban J connectivity index is 2.21. The summed E-state index contributed by atoms with van der Waals surface area (Å²) in [5.41, 5.74) is 0. The maximum Gasteiger partial charge on any atom is 0.0443 e. The van der Waals surface area contributed by atoms with Gasteiger partial charge in [-0.05, 0) is 27.3 Å². The van der Waals surface area contributed by atoms with Gasteiger partial charge in [-0.2, -0.15) is 0 Å². The van der Waals surface area contributed by atoms with E-state index < -0.39 is 0 Å². The van der Waals surface area contributed by atoms with E-state index in [1.54, 1.807) is 0 Å². The van der Waals surface area contributed by atoms with Crippen LogP contribution in [0.5, 0.6) is 0 Å². The van der Waals surface area contributed by atoms with Crippen LogP contribution in [-0.4, -0.2) is 85.3 Å². The summed E-state index contributed by atoms with van der Waals surface area (Å²) >= 11 is 0. The van der Waals surface area contributed by atoms with Gasteiger partial charge in [0.2, 0.25) is 0 Å². The van der Waals surface area contributed by atoms with E-state index in [1.807, 2.05) is 0 Å². The smallest absolute Gasteiger partial charge is 0.0443 e. The molecule has 0 aromatic rings. The second-order valence-electron chi connectivity index (χ2n) is 5.35. The molecule has 0 saturated carbocycles. The first-order valence-electron chi connectivity index (χ1n) is 6.89. The number of likely N-dealkylation sites (N-methyl/N-ethyl adjacent to an activating group) is 1. The number of hydrogen-bond donors (Lipinski definition) is 1. The highest BCUT2D eigenvalue weighted by Gasteiger charge is 2.15. The molecule has 0 unspecified atom stereocenters. The van der Waals surface area contributed by atoms with Gasteiger partial charge in [0, 0.05) is 58.5 Å². The average molecular weight is 243 g/mol. The predicted octanol–water partition coefficient (Wildman–Crippen LogP) is 0.327. The zero-order chi connectivity index (χ0) is 12.7. The van der Waals surface area contributed by atoms with E-state index in [2.05, 4.69) is 35.6 Å². The summed E-state index contributed by atoms with van der Waals surface area (Å²) < 4.78 is 0. The second kappa shape index (κ2) is 8.03. The van der Waals surface area contributed by atoms with Gasteiger partial charge in [0.25, 0.3) is 0 Å². The summed E-state index contributed by atoms with van der Waals surface area (Å²) in [6, 6.07) is 0.578. The molecule has 1 N–H and O–H groups in total. The fourth-order valence-corrected chi connectivity index (χ4v) is 2.24. The topological polar surface area (TPSA) is 30.0 Å². The number of piperazine rings is 1. The molecular weight excluding hydrogens is 214 g/mol. The molecule has 1 saturated heterocycles. The Kier molecular flexibility index (Phi) is 7.04. The SMILES string of the molecule is CC(C)N(CCCO)CCN1CCN(C)CC1. The largest absolute Gasteiger partial charge is 0.396 e. The second-order valence-corrected chi connectivity index (χ2v) is 5.35. The Morgan fingerprint density at radius 3 is 2.29 bits per heavy atom. The highest BCUT2D eigenvalue weighted by molar-refractivity contribution is 4.72. The van der Waals surface area contributed by atoms with Crippen LogP contribution in [0.2, 0.25) is 0 Å². The lowest BCUT2D eigenvalue weighted by atomic mass is 10.2. The number of nitrogens with zero attached hydrogens (tertiary/aromatic N) is 3.